The number of aromatic nitrogens is 1. The summed E-state index contributed by atoms with van der Waals surface area (Å²) in [5.41, 5.74) is 2.27. The number of nitrogens with zero attached hydrogens (tertiary/aromatic N) is 3. The summed E-state index contributed by atoms with van der Waals surface area (Å²) < 4.78 is 20.4. The third kappa shape index (κ3) is 7.12. The number of amides is 1. The van der Waals surface area contributed by atoms with E-state index in [0.29, 0.717) is 68.7 Å². The molecule has 3 fully saturated rings. The van der Waals surface area contributed by atoms with Crippen molar-refractivity contribution in [3.63, 3.8) is 0 Å². The number of halogens is 2. The van der Waals surface area contributed by atoms with Gasteiger partial charge in [0.05, 0.1) is 40.5 Å². The van der Waals surface area contributed by atoms with E-state index in [1.165, 1.54) is 0 Å². The molecule has 1 saturated carbocycles. The molecule has 2 saturated heterocycles. The Morgan fingerprint density at radius 1 is 0.939 bits per heavy atom. The quantitative estimate of drug-likeness (QED) is 0.247. The van der Waals surface area contributed by atoms with Gasteiger partial charge in [0.2, 0.25) is 5.85 Å². The van der Waals surface area contributed by atoms with E-state index in [1.54, 1.807) is 32.5 Å². The molecule has 3 aromatic rings. The lowest BCUT2D eigenvalue weighted by molar-refractivity contribution is -0.253. The van der Waals surface area contributed by atoms with Crippen LogP contribution < -0.4 is 5.32 Å². The first-order chi connectivity index (χ1) is 23.5. The molecule has 6 rings (SSSR count). The van der Waals surface area contributed by atoms with Crippen molar-refractivity contribution in [3.8, 4) is 0 Å². The molecule has 11 nitrogen and oxygen atoms in total. The van der Waals surface area contributed by atoms with Gasteiger partial charge < -0.3 is 29.2 Å². The van der Waals surface area contributed by atoms with Crippen LogP contribution in [0, 0.1) is 5.92 Å². The Balaban J connectivity index is 1.29. The van der Waals surface area contributed by atoms with Crippen molar-refractivity contribution in [1.29, 1.82) is 0 Å². The summed E-state index contributed by atoms with van der Waals surface area (Å²) in [6, 6.07) is 10.9. The zero-order chi connectivity index (χ0) is 34.9. The van der Waals surface area contributed by atoms with Gasteiger partial charge in [0, 0.05) is 76.0 Å². The molecule has 0 bridgehead atoms. The first-order valence-corrected chi connectivity index (χ1v) is 17.6. The van der Waals surface area contributed by atoms with Crippen molar-refractivity contribution in [3.05, 3.63) is 63.8 Å². The molecule has 1 unspecified atom stereocenters. The van der Waals surface area contributed by atoms with Crippen LogP contribution in [-0.4, -0.2) is 102 Å². The highest BCUT2D eigenvalue weighted by molar-refractivity contribution is 6.36. The number of ether oxygens (including phenoxy) is 3. The van der Waals surface area contributed by atoms with Crippen molar-refractivity contribution < 1.29 is 33.7 Å². The minimum Gasteiger partial charge on any atom is -0.481 e. The lowest BCUT2D eigenvalue weighted by Gasteiger charge is -2.48. The minimum atomic E-state index is -1.45. The fourth-order valence-electron chi connectivity index (χ4n) is 7.71. The van der Waals surface area contributed by atoms with Crippen LogP contribution >= 0.6 is 23.2 Å². The van der Waals surface area contributed by atoms with Crippen LogP contribution in [0.3, 0.4) is 0 Å². The van der Waals surface area contributed by atoms with Crippen molar-refractivity contribution >= 4 is 57.5 Å². The maximum atomic E-state index is 14.9. The van der Waals surface area contributed by atoms with Crippen LogP contribution in [0.1, 0.15) is 54.4 Å². The summed E-state index contributed by atoms with van der Waals surface area (Å²) >= 11 is 13.6. The van der Waals surface area contributed by atoms with E-state index in [2.05, 4.69) is 10.2 Å². The number of fused-ring (bicyclic) bond motifs is 1. The maximum Gasteiger partial charge on any atom is 0.306 e. The zero-order valence-electron chi connectivity index (χ0n) is 28.1. The van der Waals surface area contributed by atoms with Gasteiger partial charge >= 0.3 is 5.97 Å². The van der Waals surface area contributed by atoms with E-state index in [4.69, 9.17) is 37.4 Å². The largest absolute Gasteiger partial charge is 0.481 e. The molecular formula is C36H44Cl2N4O7. The molecule has 3 atom stereocenters. The summed E-state index contributed by atoms with van der Waals surface area (Å²) in [7, 11) is 5.15. The Hall–Kier alpha value is -3.03. The maximum absolute atomic E-state index is 14.9. The Morgan fingerprint density at radius 3 is 2.22 bits per heavy atom. The molecule has 2 aromatic carbocycles. The summed E-state index contributed by atoms with van der Waals surface area (Å²) in [5.74, 6) is -3.19. The number of methoxy groups -OCH3 is 2. The Bertz CT molecular complexity index is 1690. The van der Waals surface area contributed by atoms with E-state index < -0.39 is 17.7 Å². The highest BCUT2D eigenvalue weighted by Gasteiger charge is 2.56. The van der Waals surface area contributed by atoms with Crippen molar-refractivity contribution in [1.82, 2.24) is 14.4 Å². The van der Waals surface area contributed by atoms with E-state index in [9.17, 15) is 19.5 Å². The lowest BCUT2D eigenvalue weighted by Crippen LogP contribution is -2.67. The fourth-order valence-corrected chi connectivity index (χ4v) is 8.18. The molecule has 13 heteroatoms. The molecule has 1 aliphatic carbocycles. The number of aryl methyl sites for hydroxylation is 1. The number of carboxylic acids is 1. The highest BCUT2D eigenvalue weighted by Crippen LogP contribution is 2.39. The number of benzene rings is 2. The summed E-state index contributed by atoms with van der Waals surface area (Å²) in [4.78, 5) is 44.1. The molecule has 1 aromatic heterocycles. The molecule has 49 heavy (non-hydrogen) atoms. The first kappa shape index (κ1) is 35.8. The van der Waals surface area contributed by atoms with Crippen LogP contribution in [0.15, 0.2) is 42.6 Å². The standard InChI is InChI=1S/C36H44Cl2N4O7/c1-40-19-26(25-8-4-5-9-30(25)40)34(44)39-29-18-27(37)23(16-28(29)38)17-33(43)36(41-14-6-7-15-41,42-20-31(47-2)32(21-42)48-3)49-24-12-10-22(11-13-24)35(45)46/h4-5,8-9,16,18-19,22,24,31-32H,6-7,10-15,17,20-21H2,1-3H3,(H,39,44)(H,45,46)/t22?,24?,31-,32-,36?/m0/s1. The van der Waals surface area contributed by atoms with Gasteiger partial charge in [-0.1, -0.05) is 41.4 Å². The number of hydrogen-bond acceptors (Lipinski definition) is 8. The number of carbonyl (C=O) groups is 3. The Labute approximate surface area is 296 Å². The lowest BCUT2D eigenvalue weighted by atomic mass is 9.87. The molecule has 1 amide bonds. The Morgan fingerprint density at radius 2 is 1.59 bits per heavy atom. The van der Waals surface area contributed by atoms with E-state index in [0.717, 1.165) is 23.7 Å². The number of para-hydroxylation sites is 1. The van der Waals surface area contributed by atoms with Crippen LogP contribution in [-0.2, 0) is 37.3 Å². The van der Waals surface area contributed by atoms with Crippen LogP contribution in [0.2, 0.25) is 10.0 Å². The average molecular weight is 716 g/mol. The molecule has 0 radical (unpaired) electrons. The van der Waals surface area contributed by atoms with E-state index in [1.807, 2.05) is 40.8 Å². The second-order valence-electron chi connectivity index (χ2n) is 13.3. The van der Waals surface area contributed by atoms with E-state index in [-0.39, 0.29) is 46.5 Å². The summed E-state index contributed by atoms with van der Waals surface area (Å²) in [5, 5.41) is 13.8. The third-order valence-corrected chi connectivity index (χ3v) is 11.0. The molecule has 3 heterocycles. The molecule has 2 aliphatic heterocycles. The van der Waals surface area contributed by atoms with Gasteiger partial charge in [0.15, 0.2) is 5.78 Å². The molecule has 0 spiro atoms. The van der Waals surface area contributed by atoms with Gasteiger partial charge in [0.25, 0.3) is 5.91 Å². The number of hydrogen-bond donors (Lipinski definition) is 2. The molecule has 264 valence electrons. The number of rotatable bonds is 12. The predicted octanol–water partition coefficient (Wildman–Crippen LogP) is 5.60. The highest BCUT2D eigenvalue weighted by atomic mass is 35.5. The van der Waals surface area contributed by atoms with E-state index >= 15 is 0 Å². The van der Waals surface area contributed by atoms with Gasteiger partial charge in [-0.25, -0.2) is 0 Å². The number of ketones is 1. The molecule has 3 aliphatic rings. The van der Waals surface area contributed by atoms with Crippen LogP contribution in [0.25, 0.3) is 10.9 Å². The topological polar surface area (TPSA) is 123 Å². The fraction of sp³-hybridized carbons (Fsp3) is 0.528. The Kier molecular flexibility index (Phi) is 11.0. The van der Waals surface area contributed by atoms with Gasteiger partial charge in [-0.3, -0.25) is 24.2 Å². The van der Waals surface area contributed by atoms with Gasteiger partial charge in [-0.05, 0) is 62.3 Å². The van der Waals surface area contributed by atoms with Gasteiger partial charge in [-0.2, -0.15) is 0 Å². The number of carboxylic acid groups (broad SMARTS) is 1. The zero-order valence-corrected chi connectivity index (χ0v) is 29.6. The number of Topliss-reactive ketones (excluding diaryl/α,β-unsaturated/α-hetero) is 1. The van der Waals surface area contributed by atoms with Crippen molar-refractivity contribution in [2.24, 2.45) is 13.0 Å². The van der Waals surface area contributed by atoms with Gasteiger partial charge in [-0.15, -0.1) is 0 Å². The van der Waals surface area contributed by atoms with Gasteiger partial charge in [0.1, 0.15) is 0 Å². The number of carbonyl (C=O) groups excluding carboxylic acids is 2. The first-order valence-electron chi connectivity index (χ1n) is 16.9. The normalized spacial score (nSPS) is 24.7. The number of anilines is 1. The SMILES string of the molecule is CO[C@H]1CN(C(OC2CCC(C(=O)O)CC2)(C(=O)Cc2cc(Cl)c(NC(=O)c3cn(C)c4ccccc34)cc2Cl)N2CCCC2)C[C@@H]1OC. The minimum absolute atomic E-state index is 0.0805. The average Bonchev–Trinajstić information content (AvgIpc) is 3.86. The third-order valence-electron chi connectivity index (χ3n) is 10.4. The number of likely N-dealkylation sites (tertiary alicyclic amines) is 2. The van der Waals surface area contributed by atoms with Crippen LogP contribution in [0.4, 0.5) is 5.69 Å². The summed E-state index contributed by atoms with van der Waals surface area (Å²) in [6.45, 7) is 2.15. The van der Waals surface area contributed by atoms with Crippen molar-refractivity contribution in [2.75, 3.05) is 45.7 Å². The predicted molar refractivity (Wildman–Crippen MR) is 187 cm³/mol. The molecular weight excluding hydrogens is 671 g/mol. The molecule has 2 N–H and O–H groups in total. The monoisotopic (exact) mass is 714 g/mol. The number of aliphatic carboxylic acids is 1. The second-order valence-corrected chi connectivity index (χ2v) is 14.1. The number of nitrogens with one attached hydrogen (secondary N) is 1. The smallest absolute Gasteiger partial charge is 0.306 e. The van der Waals surface area contributed by atoms with Crippen LogP contribution in [0.5, 0.6) is 0 Å². The summed E-state index contributed by atoms with van der Waals surface area (Å²) in [6.07, 6.45) is 4.71. The van der Waals surface area contributed by atoms with Crippen molar-refractivity contribution in [2.45, 2.75) is 69.1 Å². The second kappa shape index (κ2) is 15.1.